The van der Waals surface area contributed by atoms with Gasteiger partial charge in [0, 0.05) is 50.0 Å². The molecular weight excluding hydrogens is 354 g/mol. The maximum absolute atomic E-state index is 12.4. The van der Waals surface area contributed by atoms with Gasteiger partial charge in [0.05, 0.1) is 11.6 Å². The van der Waals surface area contributed by atoms with Crippen LogP contribution < -0.4 is 15.5 Å². The number of rotatable bonds is 5. The van der Waals surface area contributed by atoms with E-state index in [1.807, 2.05) is 51.2 Å². The molecule has 1 aliphatic heterocycles. The monoisotopic (exact) mass is 383 g/mol. The summed E-state index contributed by atoms with van der Waals surface area (Å²) in [6, 6.07) is 9.41. The van der Waals surface area contributed by atoms with E-state index in [9.17, 15) is 9.59 Å². The molecule has 2 N–H and O–H groups in total. The van der Waals surface area contributed by atoms with Crippen LogP contribution in [0.25, 0.3) is 10.9 Å². The number of nitrogens with zero attached hydrogens (tertiary/aromatic N) is 3. The van der Waals surface area contributed by atoms with Crippen LogP contribution in [0.5, 0.6) is 0 Å². The van der Waals surface area contributed by atoms with Gasteiger partial charge in [0.15, 0.2) is 0 Å². The van der Waals surface area contributed by atoms with Crippen LogP contribution in [-0.2, 0) is 4.79 Å². The minimum Gasteiger partial charge on any atom is -0.368 e. The maximum atomic E-state index is 12.4. The van der Waals surface area contributed by atoms with E-state index in [1.54, 1.807) is 0 Å². The lowest BCUT2D eigenvalue weighted by Crippen LogP contribution is -2.55. The lowest BCUT2D eigenvalue weighted by atomic mass is 10.1. The Morgan fingerprint density at radius 3 is 2.50 bits per heavy atom. The van der Waals surface area contributed by atoms with Gasteiger partial charge in [-0.3, -0.25) is 20.0 Å². The summed E-state index contributed by atoms with van der Waals surface area (Å²) in [7, 11) is 0. The second kappa shape index (κ2) is 9.01. The first-order valence-corrected chi connectivity index (χ1v) is 9.87. The number of benzene rings is 1. The number of carbonyl (C=O) groups is 2. The number of nitrogens with one attached hydrogen (secondary N) is 2. The molecule has 7 nitrogen and oxygen atoms in total. The highest BCUT2D eigenvalue weighted by molar-refractivity contribution is 5.96. The molecule has 0 bridgehead atoms. The quantitative estimate of drug-likeness (QED) is 0.828. The summed E-state index contributed by atoms with van der Waals surface area (Å²) in [5.41, 5.74) is 2.16. The Kier molecular flexibility index (Phi) is 6.46. The Hall–Kier alpha value is -2.67. The number of carbonyl (C=O) groups excluding carboxylic acids is 2. The van der Waals surface area contributed by atoms with E-state index in [2.05, 4.69) is 31.5 Å². The molecule has 0 spiro atoms. The minimum atomic E-state index is -0.424. The number of pyridine rings is 1. The number of amides is 3. The molecule has 1 aliphatic rings. The molecule has 1 fully saturated rings. The van der Waals surface area contributed by atoms with E-state index in [1.165, 1.54) is 5.69 Å². The molecule has 150 valence electrons. The Bertz CT molecular complexity index is 825. The largest absolute Gasteiger partial charge is 0.368 e. The highest BCUT2D eigenvalue weighted by atomic mass is 16.2. The van der Waals surface area contributed by atoms with Crippen LogP contribution in [0.3, 0.4) is 0 Å². The minimum absolute atomic E-state index is 0.260. The molecule has 3 amide bonds. The first kappa shape index (κ1) is 20.1. The van der Waals surface area contributed by atoms with Crippen molar-refractivity contribution >= 4 is 28.5 Å². The third-order valence-electron chi connectivity index (χ3n) is 5.12. The number of imide groups is 1. The molecule has 0 unspecified atom stereocenters. The molecule has 3 rings (SSSR count). The van der Waals surface area contributed by atoms with Crippen LogP contribution in [0.15, 0.2) is 36.5 Å². The SMILES string of the molecule is CC(C)CNC(=O)NC(=O)[C@@H](C)N1CCN(c2ccnc3ccccc23)CC1. The summed E-state index contributed by atoms with van der Waals surface area (Å²) >= 11 is 0. The van der Waals surface area contributed by atoms with Crippen molar-refractivity contribution in [2.45, 2.75) is 26.8 Å². The zero-order valence-electron chi connectivity index (χ0n) is 16.8. The number of hydrogen-bond acceptors (Lipinski definition) is 5. The van der Waals surface area contributed by atoms with Gasteiger partial charge < -0.3 is 10.2 Å². The normalized spacial score (nSPS) is 16.2. The predicted molar refractivity (Wildman–Crippen MR) is 111 cm³/mol. The zero-order chi connectivity index (χ0) is 20.1. The van der Waals surface area contributed by atoms with Crippen LogP contribution in [-0.4, -0.2) is 60.6 Å². The number of para-hydroxylation sites is 1. The van der Waals surface area contributed by atoms with Gasteiger partial charge in [-0.2, -0.15) is 0 Å². The number of hydrogen-bond donors (Lipinski definition) is 2. The van der Waals surface area contributed by atoms with Crippen LogP contribution >= 0.6 is 0 Å². The Morgan fingerprint density at radius 1 is 1.07 bits per heavy atom. The smallest absolute Gasteiger partial charge is 0.321 e. The Labute approximate surface area is 166 Å². The van der Waals surface area contributed by atoms with Gasteiger partial charge >= 0.3 is 6.03 Å². The zero-order valence-corrected chi connectivity index (χ0v) is 16.8. The van der Waals surface area contributed by atoms with Crippen molar-refractivity contribution in [1.29, 1.82) is 0 Å². The second-order valence-corrected chi connectivity index (χ2v) is 7.64. The molecule has 0 aliphatic carbocycles. The molecule has 1 saturated heterocycles. The molecule has 1 atom stereocenters. The summed E-state index contributed by atoms with van der Waals surface area (Å²) < 4.78 is 0. The van der Waals surface area contributed by atoms with Gasteiger partial charge in [0.1, 0.15) is 0 Å². The number of anilines is 1. The summed E-state index contributed by atoms with van der Waals surface area (Å²) in [6.45, 7) is 9.59. The number of fused-ring (bicyclic) bond motifs is 1. The molecule has 0 saturated carbocycles. The van der Waals surface area contributed by atoms with Gasteiger partial charge in [-0.1, -0.05) is 32.0 Å². The maximum Gasteiger partial charge on any atom is 0.321 e. The molecule has 1 aromatic carbocycles. The first-order valence-electron chi connectivity index (χ1n) is 9.87. The average molecular weight is 383 g/mol. The number of urea groups is 1. The van der Waals surface area contributed by atoms with Crippen molar-refractivity contribution in [1.82, 2.24) is 20.5 Å². The van der Waals surface area contributed by atoms with Crippen LogP contribution in [0.4, 0.5) is 10.5 Å². The highest BCUT2D eigenvalue weighted by Gasteiger charge is 2.27. The average Bonchev–Trinajstić information content (AvgIpc) is 2.71. The van der Waals surface area contributed by atoms with E-state index >= 15 is 0 Å². The number of aromatic nitrogens is 1. The molecular formula is C21H29N5O2. The van der Waals surface area contributed by atoms with Crippen molar-refractivity contribution in [3.05, 3.63) is 36.5 Å². The second-order valence-electron chi connectivity index (χ2n) is 7.64. The summed E-state index contributed by atoms with van der Waals surface area (Å²) in [4.78, 5) is 33.1. The Morgan fingerprint density at radius 2 is 1.79 bits per heavy atom. The van der Waals surface area contributed by atoms with Crippen molar-refractivity contribution < 1.29 is 9.59 Å². The molecule has 2 heterocycles. The third kappa shape index (κ3) is 4.78. The molecule has 2 aromatic rings. The third-order valence-corrected chi connectivity index (χ3v) is 5.12. The van der Waals surface area contributed by atoms with Gasteiger partial charge in [0.2, 0.25) is 5.91 Å². The lowest BCUT2D eigenvalue weighted by molar-refractivity contribution is -0.124. The van der Waals surface area contributed by atoms with Gasteiger partial charge in [-0.25, -0.2) is 4.79 Å². The lowest BCUT2D eigenvalue weighted by Gasteiger charge is -2.38. The first-order chi connectivity index (χ1) is 13.5. The van der Waals surface area contributed by atoms with E-state index in [-0.39, 0.29) is 11.9 Å². The fourth-order valence-electron chi connectivity index (χ4n) is 3.43. The van der Waals surface area contributed by atoms with Gasteiger partial charge in [-0.15, -0.1) is 0 Å². The standard InChI is InChI=1S/C21H29N5O2/c1-15(2)14-23-21(28)24-20(27)16(3)25-10-12-26(13-11-25)19-8-9-22-18-7-5-4-6-17(18)19/h4-9,15-16H,10-14H2,1-3H3,(H2,23,24,27,28)/t16-/m1/s1. The number of piperazine rings is 1. The van der Waals surface area contributed by atoms with Gasteiger partial charge in [-0.05, 0) is 25.0 Å². The van der Waals surface area contributed by atoms with Crippen molar-refractivity contribution in [2.75, 3.05) is 37.6 Å². The van der Waals surface area contributed by atoms with E-state index in [4.69, 9.17) is 0 Å². The molecule has 0 radical (unpaired) electrons. The molecule has 1 aromatic heterocycles. The van der Waals surface area contributed by atoms with Crippen LogP contribution in [0.2, 0.25) is 0 Å². The predicted octanol–water partition coefficient (Wildman–Crippen LogP) is 2.23. The highest BCUT2D eigenvalue weighted by Crippen LogP contribution is 2.26. The van der Waals surface area contributed by atoms with Crippen LogP contribution in [0.1, 0.15) is 20.8 Å². The summed E-state index contributed by atoms with van der Waals surface area (Å²) in [5.74, 6) is 0.0830. The summed E-state index contributed by atoms with van der Waals surface area (Å²) in [5, 5.41) is 6.30. The molecule has 7 heteroatoms. The fourth-order valence-corrected chi connectivity index (χ4v) is 3.43. The van der Waals surface area contributed by atoms with Crippen LogP contribution in [0, 0.1) is 5.92 Å². The topological polar surface area (TPSA) is 77.6 Å². The van der Waals surface area contributed by atoms with E-state index in [0.29, 0.717) is 12.5 Å². The van der Waals surface area contributed by atoms with Gasteiger partial charge in [0.25, 0.3) is 0 Å². The Balaban J connectivity index is 1.56. The van der Waals surface area contributed by atoms with Crippen molar-refractivity contribution in [2.24, 2.45) is 5.92 Å². The van der Waals surface area contributed by atoms with E-state index < -0.39 is 6.03 Å². The fraction of sp³-hybridized carbons (Fsp3) is 0.476. The van der Waals surface area contributed by atoms with E-state index in [0.717, 1.165) is 37.1 Å². The van der Waals surface area contributed by atoms with Crippen molar-refractivity contribution in [3.63, 3.8) is 0 Å². The summed E-state index contributed by atoms with van der Waals surface area (Å²) in [6.07, 6.45) is 1.84. The molecule has 28 heavy (non-hydrogen) atoms. The van der Waals surface area contributed by atoms with Crippen molar-refractivity contribution in [3.8, 4) is 0 Å².